The van der Waals surface area contributed by atoms with E-state index in [2.05, 4.69) is 10.2 Å². The second kappa shape index (κ2) is 8.60. The Hall–Kier alpha value is -2.99. The van der Waals surface area contributed by atoms with Crippen LogP contribution in [0.5, 0.6) is 0 Å². The van der Waals surface area contributed by atoms with Gasteiger partial charge in [-0.15, -0.1) is 0 Å². The van der Waals surface area contributed by atoms with Crippen LogP contribution in [0.3, 0.4) is 0 Å². The van der Waals surface area contributed by atoms with Gasteiger partial charge in [-0.1, -0.05) is 48.5 Å². The van der Waals surface area contributed by atoms with Crippen molar-refractivity contribution >= 4 is 5.91 Å². The molecule has 1 amide bonds. The Morgan fingerprint density at radius 1 is 1.04 bits per heavy atom. The van der Waals surface area contributed by atoms with Gasteiger partial charge in [0.25, 0.3) is 5.91 Å². The number of aromatic amines is 1. The van der Waals surface area contributed by atoms with Crippen LogP contribution >= 0.6 is 0 Å². The van der Waals surface area contributed by atoms with Gasteiger partial charge in [0.15, 0.2) is 0 Å². The topological polar surface area (TPSA) is 52.2 Å². The molecule has 0 spiro atoms. The van der Waals surface area contributed by atoms with E-state index in [4.69, 9.17) is 0 Å². The molecule has 140 valence electrons. The molecule has 1 heterocycles. The molecule has 3 rings (SSSR count). The van der Waals surface area contributed by atoms with Crippen molar-refractivity contribution in [2.24, 2.45) is 0 Å². The first-order chi connectivity index (χ1) is 13.0. The molecule has 1 N–H and O–H groups in total. The number of halogens is 1. The molecule has 0 fully saturated rings. The smallest absolute Gasteiger partial charge is 0.272 e. The minimum absolute atomic E-state index is 0.199. The lowest BCUT2D eigenvalue weighted by Crippen LogP contribution is -2.36. The lowest BCUT2D eigenvalue weighted by molar-refractivity contribution is 0.0724. The maximum Gasteiger partial charge on any atom is 0.272 e. The summed E-state index contributed by atoms with van der Waals surface area (Å²) in [6.45, 7) is 1.37. The van der Waals surface area contributed by atoms with Crippen molar-refractivity contribution in [1.82, 2.24) is 20.0 Å². The van der Waals surface area contributed by atoms with Gasteiger partial charge < -0.3 is 9.80 Å². The van der Waals surface area contributed by atoms with Crippen LogP contribution in [0.2, 0.25) is 0 Å². The standard InChI is InChI=1S/C21H23FN4O/c1-25(2)12-13-26(15-17-10-6-7-11-18(17)22)21(27)20-14-19(23-24-20)16-8-4-3-5-9-16/h3-11,14H,12-13,15H2,1-2H3,(H,23,24). The minimum Gasteiger partial charge on any atom is -0.332 e. The van der Waals surface area contributed by atoms with Crippen molar-refractivity contribution < 1.29 is 9.18 Å². The van der Waals surface area contributed by atoms with Crippen molar-refractivity contribution in [3.05, 3.63) is 77.7 Å². The van der Waals surface area contributed by atoms with E-state index in [1.807, 2.05) is 49.3 Å². The molecule has 0 atom stereocenters. The van der Waals surface area contributed by atoms with Crippen LogP contribution in [-0.2, 0) is 6.54 Å². The first-order valence-corrected chi connectivity index (χ1v) is 8.83. The summed E-state index contributed by atoms with van der Waals surface area (Å²) in [6.07, 6.45) is 0. The predicted octanol–water partition coefficient (Wildman–Crippen LogP) is 3.42. The third-order valence-electron chi connectivity index (χ3n) is 4.30. The molecule has 27 heavy (non-hydrogen) atoms. The number of nitrogens with zero attached hydrogens (tertiary/aromatic N) is 3. The van der Waals surface area contributed by atoms with Crippen LogP contribution in [0.15, 0.2) is 60.7 Å². The molecular formula is C21H23FN4O. The van der Waals surface area contributed by atoms with Gasteiger partial charge in [-0.2, -0.15) is 5.10 Å². The van der Waals surface area contributed by atoms with Crippen molar-refractivity contribution in [2.45, 2.75) is 6.54 Å². The van der Waals surface area contributed by atoms with Crippen LogP contribution in [0.4, 0.5) is 4.39 Å². The summed E-state index contributed by atoms with van der Waals surface area (Å²) in [5.74, 6) is -0.510. The number of H-pyrrole nitrogens is 1. The number of carbonyl (C=O) groups excluding carboxylic acids is 1. The highest BCUT2D eigenvalue weighted by atomic mass is 19.1. The molecule has 0 unspecified atom stereocenters. The third kappa shape index (κ3) is 4.80. The number of hydrogen-bond donors (Lipinski definition) is 1. The van der Waals surface area contributed by atoms with Crippen molar-refractivity contribution in [3.8, 4) is 11.3 Å². The van der Waals surface area contributed by atoms with E-state index in [1.165, 1.54) is 6.07 Å². The van der Waals surface area contributed by atoms with Crippen LogP contribution in [0.25, 0.3) is 11.3 Å². The number of aromatic nitrogens is 2. The number of amides is 1. The average Bonchev–Trinajstić information content (AvgIpc) is 3.17. The van der Waals surface area contributed by atoms with Crippen molar-refractivity contribution in [3.63, 3.8) is 0 Å². The highest BCUT2D eigenvalue weighted by Gasteiger charge is 2.20. The van der Waals surface area contributed by atoms with Crippen LogP contribution < -0.4 is 0 Å². The molecule has 6 heteroatoms. The SMILES string of the molecule is CN(C)CCN(Cc1ccccc1F)C(=O)c1cc(-c2ccccc2)n[nH]1. The van der Waals surface area contributed by atoms with Crippen LogP contribution in [-0.4, -0.2) is 53.1 Å². The van der Waals surface area contributed by atoms with Gasteiger partial charge in [0.2, 0.25) is 0 Å². The molecule has 0 saturated heterocycles. The Bertz CT molecular complexity index is 892. The first kappa shape index (κ1) is 18.8. The fourth-order valence-electron chi connectivity index (χ4n) is 2.76. The van der Waals surface area contributed by atoms with Gasteiger partial charge in [0.05, 0.1) is 5.69 Å². The van der Waals surface area contributed by atoms with E-state index >= 15 is 0 Å². The predicted molar refractivity (Wildman–Crippen MR) is 104 cm³/mol. The normalized spacial score (nSPS) is 11.0. The summed E-state index contributed by atoms with van der Waals surface area (Å²) in [5, 5.41) is 7.08. The molecule has 0 bridgehead atoms. The van der Waals surface area contributed by atoms with Crippen molar-refractivity contribution in [1.29, 1.82) is 0 Å². The Kier molecular flexibility index (Phi) is 5.98. The number of likely N-dealkylation sites (N-methyl/N-ethyl adjacent to an activating group) is 1. The summed E-state index contributed by atoms with van der Waals surface area (Å²) in [5.41, 5.74) is 2.52. The second-order valence-corrected chi connectivity index (χ2v) is 6.65. The van der Waals surface area contributed by atoms with E-state index in [1.54, 1.807) is 29.2 Å². The third-order valence-corrected chi connectivity index (χ3v) is 4.30. The zero-order chi connectivity index (χ0) is 19.2. The average molecular weight is 366 g/mol. The molecule has 0 aliphatic heterocycles. The Morgan fingerprint density at radius 3 is 2.44 bits per heavy atom. The van der Waals surface area contributed by atoms with E-state index in [9.17, 15) is 9.18 Å². The van der Waals surface area contributed by atoms with Gasteiger partial charge in [0, 0.05) is 30.8 Å². The van der Waals surface area contributed by atoms with E-state index in [-0.39, 0.29) is 18.3 Å². The minimum atomic E-state index is -0.310. The summed E-state index contributed by atoms with van der Waals surface area (Å²) in [4.78, 5) is 16.7. The summed E-state index contributed by atoms with van der Waals surface area (Å²) < 4.78 is 14.1. The fourth-order valence-corrected chi connectivity index (χ4v) is 2.76. The molecule has 0 radical (unpaired) electrons. The summed E-state index contributed by atoms with van der Waals surface area (Å²) in [6, 6.07) is 17.9. The molecule has 2 aromatic carbocycles. The molecule has 1 aromatic heterocycles. The van der Waals surface area contributed by atoms with Gasteiger partial charge in [-0.05, 0) is 26.2 Å². The second-order valence-electron chi connectivity index (χ2n) is 6.65. The number of rotatable bonds is 7. The molecule has 3 aromatic rings. The molecule has 0 saturated carbocycles. The Labute approximate surface area is 158 Å². The van der Waals surface area contributed by atoms with Gasteiger partial charge in [0.1, 0.15) is 11.5 Å². The fraction of sp³-hybridized carbons (Fsp3) is 0.238. The molecule has 5 nitrogen and oxygen atoms in total. The zero-order valence-electron chi connectivity index (χ0n) is 15.5. The summed E-state index contributed by atoms with van der Waals surface area (Å²) in [7, 11) is 3.88. The monoisotopic (exact) mass is 366 g/mol. The quantitative estimate of drug-likeness (QED) is 0.697. The molecular weight excluding hydrogens is 343 g/mol. The van der Waals surface area contributed by atoms with Crippen molar-refractivity contribution in [2.75, 3.05) is 27.2 Å². The van der Waals surface area contributed by atoms with Gasteiger partial charge in [-0.25, -0.2) is 4.39 Å². The number of hydrogen-bond acceptors (Lipinski definition) is 3. The Balaban J connectivity index is 1.82. The summed E-state index contributed by atoms with van der Waals surface area (Å²) >= 11 is 0. The van der Waals surface area contributed by atoms with Crippen LogP contribution in [0, 0.1) is 5.82 Å². The number of benzene rings is 2. The lowest BCUT2D eigenvalue weighted by atomic mass is 10.1. The molecule has 0 aliphatic carbocycles. The van der Waals surface area contributed by atoms with Gasteiger partial charge in [-0.3, -0.25) is 9.89 Å². The number of nitrogens with one attached hydrogen (secondary N) is 1. The maximum absolute atomic E-state index is 14.1. The first-order valence-electron chi connectivity index (χ1n) is 8.83. The Morgan fingerprint density at radius 2 is 1.74 bits per heavy atom. The largest absolute Gasteiger partial charge is 0.332 e. The van der Waals surface area contributed by atoms with E-state index < -0.39 is 0 Å². The van der Waals surface area contributed by atoms with Crippen LogP contribution in [0.1, 0.15) is 16.1 Å². The van der Waals surface area contributed by atoms with Gasteiger partial charge >= 0.3 is 0 Å². The highest BCUT2D eigenvalue weighted by molar-refractivity contribution is 5.93. The lowest BCUT2D eigenvalue weighted by Gasteiger charge is -2.24. The molecule has 0 aliphatic rings. The highest BCUT2D eigenvalue weighted by Crippen LogP contribution is 2.19. The van der Waals surface area contributed by atoms with E-state index in [0.29, 0.717) is 30.0 Å². The number of carbonyl (C=O) groups is 1. The maximum atomic E-state index is 14.1. The zero-order valence-corrected chi connectivity index (χ0v) is 15.5. The van der Waals surface area contributed by atoms with E-state index in [0.717, 1.165) is 5.56 Å².